The van der Waals surface area contributed by atoms with E-state index in [1.165, 1.54) is 0 Å². The van der Waals surface area contributed by atoms with Crippen molar-refractivity contribution in [2.75, 3.05) is 6.61 Å². The van der Waals surface area contributed by atoms with Crippen molar-refractivity contribution in [3.05, 3.63) is 53.5 Å². The average Bonchev–Trinajstić information content (AvgIpc) is 2.76. The molecular weight excluding hydrogens is 280 g/mol. The van der Waals surface area contributed by atoms with Crippen LogP contribution in [0.1, 0.15) is 28.6 Å². The molecule has 0 aliphatic rings. The maximum absolute atomic E-state index is 5.48. The van der Waals surface area contributed by atoms with Crippen molar-refractivity contribution in [3.8, 4) is 5.75 Å². The summed E-state index contributed by atoms with van der Waals surface area (Å²) in [6.45, 7) is 4.71. The molecule has 0 fully saturated rings. The Balaban J connectivity index is 2.20. The fourth-order valence-electron chi connectivity index (χ4n) is 1.70. The molecule has 1 heterocycles. The van der Waals surface area contributed by atoms with Crippen LogP contribution in [-0.2, 0) is 0 Å². The van der Waals surface area contributed by atoms with E-state index in [1.807, 2.05) is 44.2 Å². The molecule has 0 saturated heterocycles. The Morgan fingerprint density at radius 3 is 2.47 bits per heavy atom. The summed E-state index contributed by atoms with van der Waals surface area (Å²) in [4.78, 5) is 0.0909. The van der Waals surface area contributed by atoms with E-state index in [1.54, 1.807) is 6.26 Å². The molecule has 3 heteroatoms. The van der Waals surface area contributed by atoms with Gasteiger partial charge in [0.1, 0.15) is 11.5 Å². The second-order valence-corrected chi connectivity index (χ2v) is 4.75. The summed E-state index contributed by atoms with van der Waals surface area (Å²) in [5.41, 5.74) is 2.31. The molecule has 0 saturated carbocycles. The van der Waals surface area contributed by atoms with Gasteiger partial charge in [-0.2, -0.15) is 0 Å². The van der Waals surface area contributed by atoms with Crippen LogP contribution in [0.4, 0.5) is 0 Å². The molecule has 0 amide bonds. The van der Waals surface area contributed by atoms with Crippen LogP contribution in [0.5, 0.6) is 5.75 Å². The second kappa shape index (κ2) is 5.41. The van der Waals surface area contributed by atoms with Gasteiger partial charge in [-0.1, -0.05) is 28.1 Å². The predicted octanol–water partition coefficient (Wildman–Crippen LogP) is 4.47. The van der Waals surface area contributed by atoms with Crippen LogP contribution in [-0.4, -0.2) is 6.61 Å². The third-order valence-corrected chi connectivity index (χ3v) is 3.56. The van der Waals surface area contributed by atoms with Gasteiger partial charge in [0.25, 0.3) is 0 Å². The summed E-state index contributed by atoms with van der Waals surface area (Å²) in [6, 6.07) is 10.0. The highest BCUT2D eigenvalue weighted by Gasteiger charge is 2.15. The first-order valence-electron chi connectivity index (χ1n) is 5.63. The summed E-state index contributed by atoms with van der Waals surface area (Å²) in [5.74, 6) is 1.85. The number of rotatable bonds is 4. The minimum Gasteiger partial charge on any atom is -0.494 e. The highest BCUT2D eigenvalue weighted by Crippen LogP contribution is 2.33. The molecule has 2 rings (SSSR count). The summed E-state index contributed by atoms with van der Waals surface area (Å²) < 4.78 is 10.9. The molecule has 0 aliphatic carbocycles. The molecule has 1 aromatic heterocycles. The number of halogens is 1. The molecule has 0 N–H and O–H groups in total. The molecule has 2 aromatic rings. The van der Waals surface area contributed by atoms with Gasteiger partial charge >= 0.3 is 0 Å². The molecular formula is C14H15BrO2. The quantitative estimate of drug-likeness (QED) is 0.776. The van der Waals surface area contributed by atoms with Gasteiger partial charge in [-0.15, -0.1) is 0 Å². The Bertz CT molecular complexity index is 473. The molecule has 2 nitrogen and oxygen atoms in total. The first-order valence-corrected chi connectivity index (χ1v) is 6.54. The fourth-order valence-corrected chi connectivity index (χ4v) is 2.47. The van der Waals surface area contributed by atoms with Crippen LogP contribution in [0.15, 0.2) is 41.0 Å². The van der Waals surface area contributed by atoms with Gasteiger partial charge < -0.3 is 9.15 Å². The lowest BCUT2D eigenvalue weighted by atomic mass is 10.1. The number of hydrogen-bond acceptors (Lipinski definition) is 2. The maximum atomic E-state index is 5.48. The zero-order chi connectivity index (χ0) is 12.3. The third kappa shape index (κ3) is 2.72. The van der Waals surface area contributed by atoms with Crippen LogP contribution in [0.25, 0.3) is 0 Å². The number of furan rings is 1. The van der Waals surface area contributed by atoms with Crippen molar-refractivity contribution in [3.63, 3.8) is 0 Å². The minimum absolute atomic E-state index is 0.0909. The number of alkyl halides is 1. The summed E-state index contributed by atoms with van der Waals surface area (Å²) in [6.07, 6.45) is 1.72. The number of aryl methyl sites for hydroxylation is 1. The molecule has 90 valence electrons. The van der Waals surface area contributed by atoms with Gasteiger partial charge in [0.15, 0.2) is 0 Å². The van der Waals surface area contributed by atoms with Crippen molar-refractivity contribution in [2.45, 2.75) is 18.7 Å². The minimum atomic E-state index is 0.0909. The van der Waals surface area contributed by atoms with Crippen molar-refractivity contribution in [1.82, 2.24) is 0 Å². The molecule has 0 radical (unpaired) electrons. The molecule has 0 bridgehead atoms. The fraction of sp³-hybridized carbons (Fsp3) is 0.286. The summed E-state index contributed by atoms with van der Waals surface area (Å²) >= 11 is 3.65. The number of benzene rings is 1. The largest absolute Gasteiger partial charge is 0.494 e. The summed E-state index contributed by atoms with van der Waals surface area (Å²) in [5, 5.41) is 0. The normalized spacial score (nSPS) is 12.4. The van der Waals surface area contributed by atoms with Crippen LogP contribution < -0.4 is 4.74 Å². The standard InChI is InChI=1S/C14H15BrO2/c1-3-16-12-6-4-11(5-7-12)13(15)14-10(2)8-9-17-14/h4-9,13H,3H2,1-2H3. The van der Waals surface area contributed by atoms with E-state index < -0.39 is 0 Å². The van der Waals surface area contributed by atoms with Crippen molar-refractivity contribution in [1.29, 1.82) is 0 Å². The van der Waals surface area contributed by atoms with E-state index in [0.717, 1.165) is 22.6 Å². The lowest BCUT2D eigenvalue weighted by molar-refractivity contribution is 0.340. The zero-order valence-corrected chi connectivity index (χ0v) is 11.5. The monoisotopic (exact) mass is 294 g/mol. The van der Waals surface area contributed by atoms with Crippen LogP contribution >= 0.6 is 15.9 Å². The first-order chi connectivity index (χ1) is 8.22. The second-order valence-electron chi connectivity index (χ2n) is 3.83. The molecule has 1 aromatic carbocycles. The Hall–Kier alpha value is -1.22. The van der Waals surface area contributed by atoms with Gasteiger partial charge in [0.2, 0.25) is 0 Å². The molecule has 1 unspecified atom stereocenters. The Morgan fingerprint density at radius 2 is 1.94 bits per heavy atom. The van der Waals surface area contributed by atoms with Gasteiger partial charge in [-0.05, 0) is 43.2 Å². The average molecular weight is 295 g/mol. The SMILES string of the molecule is CCOc1ccc(C(Br)c2occc2C)cc1. The lowest BCUT2D eigenvalue weighted by Crippen LogP contribution is -1.94. The van der Waals surface area contributed by atoms with Gasteiger partial charge in [-0.25, -0.2) is 0 Å². The molecule has 0 aliphatic heterocycles. The topological polar surface area (TPSA) is 22.4 Å². The van der Waals surface area contributed by atoms with E-state index in [2.05, 4.69) is 15.9 Å². The van der Waals surface area contributed by atoms with E-state index in [-0.39, 0.29) is 4.83 Å². The van der Waals surface area contributed by atoms with E-state index in [0.29, 0.717) is 6.61 Å². The highest BCUT2D eigenvalue weighted by atomic mass is 79.9. The Morgan fingerprint density at radius 1 is 1.24 bits per heavy atom. The van der Waals surface area contributed by atoms with Crippen LogP contribution in [0.2, 0.25) is 0 Å². The Labute approximate surface area is 110 Å². The predicted molar refractivity (Wildman–Crippen MR) is 71.8 cm³/mol. The van der Waals surface area contributed by atoms with Crippen molar-refractivity contribution >= 4 is 15.9 Å². The number of ether oxygens (including phenoxy) is 1. The first kappa shape index (κ1) is 12.2. The van der Waals surface area contributed by atoms with E-state index in [9.17, 15) is 0 Å². The molecule has 1 atom stereocenters. The Kier molecular flexibility index (Phi) is 3.89. The summed E-state index contributed by atoms with van der Waals surface area (Å²) in [7, 11) is 0. The number of hydrogen-bond donors (Lipinski definition) is 0. The van der Waals surface area contributed by atoms with E-state index in [4.69, 9.17) is 9.15 Å². The molecule has 0 spiro atoms. The van der Waals surface area contributed by atoms with Gasteiger partial charge in [0.05, 0.1) is 17.7 Å². The van der Waals surface area contributed by atoms with Crippen LogP contribution in [0.3, 0.4) is 0 Å². The third-order valence-electron chi connectivity index (χ3n) is 2.62. The van der Waals surface area contributed by atoms with Crippen molar-refractivity contribution < 1.29 is 9.15 Å². The van der Waals surface area contributed by atoms with Gasteiger partial charge in [0, 0.05) is 0 Å². The highest BCUT2D eigenvalue weighted by molar-refractivity contribution is 9.09. The smallest absolute Gasteiger partial charge is 0.124 e. The van der Waals surface area contributed by atoms with E-state index >= 15 is 0 Å². The van der Waals surface area contributed by atoms with Crippen LogP contribution in [0, 0.1) is 6.92 Å². The van der Waals surface area contributed by atoms with Crippen molar-refractivity contribution in [2.24, 2.45) is 0 Å². The zero-order valence-electron chi connectivity index (χ0n) is 9.94. The lowest BCUT2D eigenvalue weighted by Gasteiger charge is -2.10. The van der Waals surface area contributed by atoms with Gasteiger partial charge in [-0.3, -0.25) is 0 Å². The maximum Gasteiger partial charge on any atom is 0.124 e. The molecule has 17 heavy (non-hydrogen) atoms.